The van der Waals surface area contributed by atoms with Crippen molar-refractivity contribution in [2.45, 2.75) is 6.54 Å². The number of nitrogens with one attached hydrogen (secondary N) is 2. The number of rotatable bonds is 5. The van der Waals surface area contributed by atoms with E-state index in [0.717, 1.165) is 27.5 Å². The molecule has 0 saturated carbocycles. The number of carbonyl (C=O) groups is 1. The lowest BCUT2D eigenvalue weighted by Gasteiger charge is -2.13. The summed E-state index contributed by atoms with van der Waals surface area (Å²) in [6.07, 6.45) is 0. The van der Waals surface area contributed by atoms with E-state index < -0.39 is 5.91 Å². The number of benzene rings is 3. The second-order valence-corrected chi connectivity index (χ2v) is 6.10. The second kappa shape index (κ2) is 7.01. The highest BCUT2D eigenvalue weighted by atomic mass is 16.5. The lowest BCUT2D eigenvalue weighted by molar-refractivity contribution is 0.0706. The molecule has 0 aliphatic heterocycles. The molecule has 0 unspecified atom stereocenters. The number of para-hydroxylation sites is 2. The lowest BCUT2D eigenvalue weighted by Crippen LogP contribution is -2.18. The van der Waals surface area contributed by atoms with Crippen molar-refractivity contribution in [2.24, 2.45) is 0 Å². The van der Waals surface area contributed by atoms with Crippen molar-refractivity contribution in [1.29, 1.82) is 0 Å². The third kappa shape index (κ3) is 3.07. The van der Waals surface area contributed by atoms with Crippen LogP contribution in [0.25, 0.3) is 21.9 Å². The van der Waals surface area contributed by atoms with Crippen LogP contribution in [0.3, 0.4) is 0 Å². The molecule has 0 fully saturated rings. The summed E-state index contributed by atoms with van der Waals surface area (Å²) in [7, 11) is 1.56. The maximum Gasteiger partial charge on any atom is 0.274 e. The summed E-state index contributed by atoms with van der Waals surface area (Å²) in [5.41, 5.74) is 5.27. The van der Waals surface area contributed by atoms with Crippen LogP contribution in [0.1, 0.15) is 15.9 Å². The average Bonchev–Trinajstić information content (AvgIpc) is 3.10. The molecule has 0 spiro atoms. The van der Waals surface area contributed by atoms with E-state index >= 15 is 0 Å². The maximum atomic E-state index is 11.7. The van der Waals surface area contributed by atoms with Gasteiger partial charge < -0.3 is 14.5 Å². The third-order valence-electron chi connectivity index (χ3n) is 4.52. The molecule has 0 aliphatic rings. The van der Waals surface area contributed by atoms with E-state index in [0.29, 0.717) is 23.5 Å². The molecular weight excluding hydrogens is 344 g/mol. The monoisotopic (exact) mass is 362 g/mol. The minimum absolute atomic E-state index is 0.322. The molecule has 3 N–H and O–H groups in total. The van der Waals surface area contributed by atoms with Crippen LogP contribution in [0.5, 0.6) is 5.75 Å². The van der Waals surface area contributed by atoms with Crippen LogP contribution in [0.15, 0.2) is 65.1 Å². The fourth-order valence-corrected chi connectivity index (χ4v) is 3.19. The predicted octanol–water partition coefficient (Wildman–Crippen LogP) is 4.33. The SMILES string of the molecule is COc1ccc(C(=O)NO)cc1NCc1cccc2c1oc1ccccc12. The van der Waals surface area contributed by atoms with Crippen LogP contribution in [0.2, 0.25) is 0 Å². The van der Waals surface area contributed by atoms with Crippen LogP contribution < -0.4 is 15.5 Å². The fourth-order valence-electron chi connectivity index (χ4n) is 3.19. The minimum Gasteiger partial charge on any atom is -0.495 e. The molecule has 0 bridgehead atoms. The summed E-state index contributed by atoms with van der Waals surface area (Å²) in [6.45, 7) is 0.484. The largest absolute Gasteiger partial charge is 0.495 e. The van der Waals surface area contributed by atoms with Crippen molar-refractivity contribution in [2.75, 3.05) is 12.4 Å². The van der Waals surface area contributed by atoms with Gasteiger partial charge in [0.1, 0.15) is 16.9 Å². The number of hydroxylamine groups is 1. The summed E-state index contributed by atoms with van der Waals surface area (Å²) in [6, 6.07) is 18.8. The minimum atomic E-state index is -0.583. The number of amides is 1. The summed E-state index contributed by atoms with van der Waals surface area (Å²) < 4.78 is 11.4. The first-order valence-electron chi connectivity index (χ1n) is 8.46. The van der Waals surface area contributed by atoms with Gasteiger partial charge in [0, 0.05) is 28.4 Å². The molecule has 136 valence electrons. The van der Waals surface area contributed by atoms with E-state index in [-0.39, 0.29) is 0 Å². The highest BCUT2D eigenvalue weighted by molar-refractivity contribution is 6.05. The van der Waals surface area contributed by atoms with Crippen LogP contribution in [0.4, 0.5) is 5.69 Å². The molecule has 6 heteroatoms. The van der Waals surface area contributed by atoms with Gasteiger partial charge in [-0.2, -0.15) is 0 Å². The van der Waals surface area contributed by atoms with Gasteiger partial charge in [-0.3, -0.25) is 10.0 Å². The summed E-state index contributed by atoms with van der Waals surface area (Å²) >= 11 is 0. The number of ether oxygens (including phenoxy) is 1. The summed E-state index contributed by atoms with van der Waals surface area (Å²) in [5.74, 6) is 0.0151. The smallest absolute Gasteiger partial charge is 0.274 e. The first kappa shape index (κ1) is 16.9. The number of hydrogen-bond donors (Lipinski definition) is 3. The Morgan fingerprint density at radius 2 is 1.89 bits per heavy atom. The zero-order valence-corrected chi connectivity index (χ0v) is 14.7. The Morgan fingerprint density at radius 3 is 2.70 bits per heavy atom. The third-order valence-corrected chi connectivity index (χ3v) is 4.52. The van der Waals surface area contributed by atoms with Gasteiger partial charge in [0.05, 0.1) is 12.8 Å². The Labute approximate surface area is 155 Å². The highest BCUT2D eigenvalue weighted by Crippen LogP contribution is 2.32. The molecule has 1 heterocycles. The van der Waals surface area contributed by atoms with E-state index in [1.807, 2.05) is 42.5 Å². The van der Waals surface area contributed by atoms with Gasteiger partial charge in [-0.1, -0.05) is 36.4 Å². The normalized spacial score (nSPS) is 10.9. The van der Waals surface area contributed by atoms with Gasteiger partial charge in [-0.25, -0.2) is 5.48 Å². The van der Waals surface area contributed by atoms with E-state index in [9.17, 15) is 4.79 Å². The quantitative estimate of drug-likeness (QED) is 0.364. The molecule has 0 saturated heterocycles. The zero-order valence-electron chi connectivity index (χ0n) is 14.7. The summed E-state index contributed by atoms with van der Waals surface area (Å²) in [4.78, 5) is 11.7. The number of furan rings is 1. The van der Waals surface area contributed by atoms with E-state index in [2.05, 4.69) is 5.32 Å². The number of carbonyl (C=O) groups excluding carboxylic acids is 1. The van der Waals surface area contributed by atoms with Gasteiger partial charge in [0.15, 0.2) is 0 Å². The number of methoxy groups -OCH3 is 1. The van der Waals surface area contributed by atoms with Crippen LogP contribution >= 0.6 is 0 Å². The summed E-state index contributed by atoms with van der Waals surface area (Å²) in [5, 5.41) is 14.3. The van der Waals surface area contributed by atoms with Crippen LogP contribution in [0, 0.1) is 0 Å². The van der Waals surface area contributed by atoms with E-state index in [1.165, 1.54) is 0 Å². The van der Waals surface area contributed by atoms with Gasteiger partial charge in [-0.15, -0.1) is 0 Å². The van der Waals surface area contributed by atoms with Crippen molar-refractivity contribution >= 4 is 33.5 Å². The molecule has 1 aromatic heterocycles. The standard InChI is InChI=1S/C21H18N2O4/c1-26-19-10-9-13(21(24)23-25)11-17(19)22-12-14-5-4-7-16-15-6-2-3-8-18(15)27-20(14)16/h2-11,22,25H,12H2,1H3,(H,23,24). The number of anilines is 1. The Kier molecular flexibility index (Phi) is 4.40. The van der Waals surface area contributed by atoms with Crippen molar-refractivity contribution in [3.05, 3.63) is 71.8 Å². The maximum absolute atomic E-state index is 11.7. The van der Waals surface area contributed by atoms with Crippen molar-refractivity contribution in [1.82, 2.24) is 5.48 Å². The van der Waals surface area contributed by atoms with Gasteiger partial charge in [0.25, 0.3) is 5.91 Å². The average molecular weight is 362 g/mol. The molecule has 0 radical (unpaired) electrons. The van der Waals surface area contributed by atoms with Crippen molar-refractivity contribution in [3.8, 4) is 5.75 Å². The topological polar surface area (TPSA) is 83.7 Å². The molecule has 0 aliphatic carbocycles. The molecule has 4 rings (SSSR count). The van der Waals surface area contributed by atoms with Crippen molar-refractivity contribution in [3.63, 3.8) is 0 Å². The van der Waals surface area contributed by atoms with E-state index in [4.69, 9.17) is 14.4 Å². The Bertz CT molecular complexity index is 1130. The Morgan fingerprint density at radius 1 is 1.07 bits per heavy atom. The molecule has 0 atom stereocenters. The molecule has 1 amide bonds. The molecule has 6 nitrogen and oxygen atoms in total. The van der Waals surface area contributed by atoms with Crippen LogP contribution in [-0.4, -0.2) is 18.2 Å². The van der Waals surface area contributed by atoms with Gasteiger partial charge in [-0.05, 0) is 24.3 Å². The second-order valence-electron chi connectivity index (χ2n) is 6.10. The van der Waals surface area contributed by atoms with E-state index in [1.54, 1.807) is 30.8 Å². The molecule has 4 aromatic rings. The molecular formula is C21H18N2O4. The zero-order chi connectivity index (χ0) is 18.8. The highest BCUT2D eigenvalue weighted by Gasteiger charge is 2.12. The van der Waals surface area contributed by atoms with Crippen LogP contribution in [-0.2, 0) is 6.54 Å². The first-order valence-corrected chi connectivity index (χ1v) is 8.46. The Hall–Kier alpha value is -3.51. The Balaban J connectivity index is 1.68. The number of hydrogen-bond acceptors (Lipinski definition) is 5. The lowest BCUT2D eigenvalue weighted by atomic mass is 10.1. The van der Waals surface area contributed by atoms with Gasteiger partial charge in [0.2, 0.25) is 0 Å². The molecule has 27 heavy (non-hydrogen) atoms. The number of fused-ring (bicyclic) bond motifs is 3. The van der Waals surface area contributed by atoms with Gasteiger partial charge >= 0.3 is 0 Å². The first-order chi connectivity index (χ1) is 13.2. The predicted molar refractivity (Wildman–Crippen MR) is 103 cm³/mol. The molecule has 3 aromatic carbocycles. The fraction of sp³-hybridized carbons (Fsp3) is 0.0952. The van der Waals surface area contributed by atoms with Crippen molar-refractivity contribution < 1.29 is 19.2 Å².